The van der Waals surface area contributed by atoms with Gasteiger partial charge in [0.25, 0.3) is 0 Å². The molecule has 1 aliphatic rings. The van der Waals surface area contributed by atoms with E-state index in [-0.39, 0.29) is 35.7 Å². The number of thiazole rings is 1. The summed E-state index contributed by atoms with van der Waals surface area (Å²) in [7, 11) is 0. The molecule has 0 saturated carbocycles. The Morgan fingerprint density at radius 3 is 2.40 bits per heavy atom. The Morgan fingerprint density at radius 1 is 1.00 bits per heavy atom. The molecule has 5 rings (SSSR count). The average Bonchev–Trinajstić information content (AvgIpc) is 3.58. The molecule has 3 aromatic carbocycles. The van der Waals surface area contributed by atoms with E-state index in [9.17, 15) is 19.5 Å². The number of nitrogens with zero attached hydrogens (tertiary/aromatic N) is 2. The molecule has 40 heavy (non-hydrogen) atoms. The molecule has 0 aliphatic heterocycles. The molecule has 0 atom stereocenters. The third-order valence-electron chi connectivity index (χ3n) is 7.29. The molecule has 1 aromatic heterocycles. The van der Waals surface area contributed by atoms with Gasteiger partial charge in [0.2, 0.25) is 5.91 Å². The predicted octanol–water partition coefficient (Wildman–Crippen LogP) is 4.66. The van der Waals surface area contributed by atoms with Crippen molar-refractivity contribution in [2.75, 3.05) is 19.6 Å². The van der Waals surface area contributed by atoms with Crippen LogP contribution in [0.5, 0.6) is 5.75 Å². The summed E-state index contributed by atoms with van der Waals surface area (Å²) in [6.07, 6.45) is 2.79. The van der Waals surface area contributed by atoms with Gasteiger partial charge in [0.05, 0.1) is 4.70 Å². The van der Waals surface area contributed by atoms with E-state index in [1.54, 1.807) is 21.9 Å². The molecule has 206 valence electrons. The van der Waals surface area contributed by atoms with E-state index in [4.69, 9.17) is 4.74 Å². The molecule has 4 aromatic rings. The van der Waals surface area contributed by atoms with Gasteiger partial charge in [0, 0.05) is 25.7 Å². The molecule has 8 nitrogen and oxygen atoms in total. The van der Waals surface area contributed by atoms with E-state index in [1.165, 1.54) is 17.2 Å². The first-order chi connectivity index (χ1) is 19.4. The SMILES string of the molecule is C=CC(=O)N(CCN(CCc1ccc(O)c2[nH]c(=O)sc12)C(=O)OCc1ccccc1)C1Cc2ccccc2C1. The number of aromatic hydroxyl groups is 1. The quantitative estimate of drug-likeness (QED) is 0.276. The van der Waals surface area contributed by atoms with Gasteiger partial charge in [-0.15, -0.1) is 0 Å². The highest BCUT2D eigenvalue weighted by atomic mass is 32.1. The van der Waals surface area contributed by atoms with Crippen LogP contribution in [0.3, 0.4) is 0 Å². The fraction of sp³-hybridized carbons (Fsp3) is 0.258. The van der Waals surface area contributed by atoms with Crippen molar-refractivity contribution >= 4 is 33.6 Å². The van der Waals surface area contributed by atoms with E-state index < -0.39 is 6.09 Å². The van der Waals surface area contributed by atoms with Crippen molar-refractivity contribution in [3.63, 3.8) is 0 Å². The van der Waals surface area contributed by atoms with Gasteiger partial charge in [0.1, 0.15) is 17.9 Å². The number of hydrogen-bond donors (Lipinski definition) is 2. The summed E-state index contributed by atoms with van der Waals surface area (Å²) in [4.78, 5) is 44.0. The molecule has 0 unspecified atom stereocenters. The number of aromatic amines is 1. The van der Waals surface area contributed by atoms with Crippen LogP contribution in [-0.2, 0) is 35.4 Å². The highest BCUT2D eigenvalue weighted by Gasteiger charge is 2.29. The normalized spacial score (nSPS) is 12.7. The summed E-state index contributed by atoms with van der Waals surface area (Å²) in [6, 6.07) is 20.9. The van der Waals surface area contributed by atoms with Crippen molar-refractivity contribution in [2.45, 2.75) is 31.9 Å². The highest BCUT2D eigenvalue weighted by molar-refractivity contribution is 7.16. The Bertz CT molecular complexity index is 1550. The van der Waals surface area contributed by atoms with E-state index in [1.807, 2.05) is 42.5 Å². The summed E-state index contributed by atoms with van der Waals surface area (Å²) >= 11 is 1.03. The number of phenolic OH excluding ortho intramolecular Hbond substituents is 1. The number of hydrogen-bond acceptors (Lipinski definition) is 6. The standard InChI is InChI=1S/C31H31N3O5S/c1-2-27(36)34(25-18-23-10-6-7-11-24(23)19-25)17-16-33(31(38)39-20-21-8-4-3-5-9-21)15-14-22-12-13-26(35)28-29(22)40-30(37)32-28/h2-13,25,35H,1,14-20H2,(H,32,37). The molecule has 0 saturated heterocycles. The van der Waals surface area contributed by atoms with Crippen LogP contribution in [-0.4, -0.2) is 57.6 Å². The Balaban J connectivity index is 1.32. The van der Waals surface area contributed by atoms with Gasteiger partial charge in [-0.3, -0.25) is 9.59 Å². The van der Waals surface area contributed by atoms with Crippen molar-refractivity contribution in [1.29, 1.82) is 0 Å². The van der Waals surface area contributed by atoms with Crippen LogP contribution in [0.2, 0.25) is 0 Å². The number of carbonyl (C=O) groups excluding carboxylic acids is 2. The van der Waals surface area contributed by atoms with E-state index in [0.29, 0.717) is 29.7 Å². The number of fused-ring (bicyclic) bond motifs is 2. The number of ether oxygens (including phenoxy) is 1. The van der Waals surface area contributed by atoms with Crippen molar-refractivity contribution < 1.29 is 19.4 Å². The minimum atomic E-state index is -0.484. The van der Waals surface area contributed by atoms with Crippen LogP contribution in [0.1, 0.15) is 22.3 Å². The zero-order valence-electron chi connectivity index (χ0n) is 22.0. The molecular formula is C31H31N3O5S. The van der Waals surface area contributed by atoms with Gasteiger partial charge in [0.15, 0.2) is 0 Å². The predicted molar refractivity (Wildman–Crippen MR) is 156 cm³/mol. The summed E-state index contributed by atoms with van der Waals surface area (Å²) in [5.41, 5.74) is 4.57. The monoisotopic (exact) mass is 557 g/mol. The van der Waals surface area contributed by atoms with Gasteiger partial charge >= 0.3 is 11.0 Å². The summed E-state index contributed by atoms with van der Waals surface area (Å²) in [5, 5.41) is 10.1. The highest BCUT2D eigenvalue weighted by Crippen LogP contribution is 2.29. The van der Waals surface area contributed by atoms with E-state index >= 15 is 0 Å². The molecule has 0 fully saturated rings. The number of amides is 2. The van der Waals surface area contributed by atoms with Crippen LogP contribution in [0.15, 0.2) is 84.2 Å². The third kappa shape index (κ3) is 6.10. The fourth-order valence-corrected chi connectivity index (χ4v) is 6.10. The second-order valence-corrected chi connectivity index (χ2v) is 10.8. The number of carbonyl (C=O) groups is 2. The molecule has 0 radical (unpaired) electrons. The lowest BCUT2D eigenvalue weighted by Gasteiger charge is -2.31. The first kappa shape index (κ1) is 27.2. The van der Waals surface area contributed by atoms with Crippen molar-refractivity contribution in [1.82, 2.24) is 14.8 Å². The minimum absolute atomic E-state index is 0.00682. The number of benzene rings is 3. The number of nitrogens with one attached hydrogen (secondary N) is 1. The number of H-pyrrole nitrogens is 1. The van der Waals surface area contributed by atoms with Crippen LogP contribution in [0.4, 0.5) is 4.79 Å². The van der Waals surface area contributed by atoms with Crippen LogP contribution < -0.4 is 4.87 Å². The maximum absolute atomic E-state index is 13.3. The second-order valence-electron chi connectivity index (χ2n) is 9.81. The second kappa shape index (κ2) is 12.2. The van der Waals surface area contributed by atoms with Gasteiger partial charge in [-0.1, -0.05) is 78.6 Å². The lowest BCUT2D eigenvalue weighted by Crippen LogP contribution is -2.46. The largest absolute Gasteiger partial charge is 0.506 e. The number of phenols is 1. The summed E-state index contributed by atoms with van der Waals surface area (Å²) < 4.78 is 6.32. The first-order valence-corrected chi connectivity index (χ1v) is 14.0. The number of rotatable bonds is 10. The average molecular weight is 558 g/mol. The summed E-state index contributed by atoms with van der Waals surface area (Å²) in [6.45, 7) is 4.73. The van der Waals surface area contributed by atoms with Crippen LogP contribution in [0, 0.1) is 0 Å². The van der Waals surface area contributed by atoms with E-state index in [0.717, 1.165) is 35.3 Å². The molecule has 1 aliphatic carbocycles. The van der Waals surface area contributed by atoms with Gasteiger partial charge in [-0.25, -0.2) is 4.79 Å². The summed E-state index contributed by atoms with van der Waals surface area (Å²) in [5.74, 6) is -0.167. The maximum atomic E-state index is 13.3. The maximum Gasteiger partial charge on any atom is 0.410 e. The Hall–Kier alpha value is -4.37. The van der Waals surface area contributed by atoms with E-state index in [2.05, 4.69) is 23.7 Å². The lowest BCUT2D eigenvalue weighted by molar-refractivity contribution is -0.128. The zero-order chi connectivity index (χ0) is 28.1. The van der Waals surface area contributed by atoms with Gasteiger partial charge in [-0.05, 0) is 53.7 Å². The Labute approximate surface area is 236 Å². The molecule has 2 N–H and O–H groups in total. The Kier molecular flexibility index (Phi) is 8.31. The zero-order valence-corrected chi connectivity index (χ0v) is 22.9. The fourth-order valence-electron chi connectivity index (χ4n) is 5.20. The number of aromatic nitrogens is 1. The molecule has 0 bridgehead atoms. The molecule has 0 spiro atoms. The minimum Gasteiger partial charge on any atom is -0.506 e. The molecule has 2 amide bonds. The molecular weight excluding hydrogens is 526 g/mol. The molecule has 9 heteroatoms. The van der Waals surface area contributed by atoms with Gasteiger partial charge in [-0.2, -0.15) is 0 Å². The molecule has 1 heterocycles. The van der Waals surface area contributed by atoms with Crippen molar-refractivity contribution in [3.8, 4) is 5.75 Å². The van der Waals surface area contributed by atoms with Crippen molar-refractivity contribution in [3.05, 3.63) is 111 Å². The third-order valence-corrected chi connectivity index (χ3v) is 8.25. The smallest absolute Gasteiger partial charge is 0.410 e. The lowest BCUT2D eigenvalue weighted by atomic mass is 10.1. The first-order valence-electron chi connectivity index (χ1n) is 13.2. The Morgan fingerprint density at radius 2 is 1.70 bits per heavy atom. The van der Waals surface area contributed by atoms with Gasteiger partial charge < -0.3 is 24.6 Å². The topological polar surface area (TPSA) is 103 Å². The van der Waals surface area contributed by atoms with Crippen molar-refractivity contribution in [2.24, 2.45) is 0 Å². The van der Waals surface area contributed by atoms with Crippen LogP contribution in [0.25, 0.3) is 10.2 Å². The van der Waals surface area contributed by atoms with Crippen LogP contribution >= 0.6 is 11.3 Å².